The van der Waals surface area contributed by atoms with Crippen LogP contribution in [0.25, 0.3) is 16.3 Å². The van der Waals surface area contributed by atoms with Crippen molar-refractivity contribution >= 4 is 67.9 Å². The van der Waals surface area contributed by atoms with Gasteiger partial charge in [0.25, 0.3) is 11.8 Å². The summed E-state index contributed by atoms with van der Waals surface area (Å²) in [5, 5.41) is 8.32. The molecule has 0 spiro atoms. The van der Waals surface area contributed by atoms with Gasteiger partial charge in [-0.2, -0.15) is 0 Å². The fourth-order valence-electron chi connectivity index (χ4n) is 4.64. The van der Waals surface area contributed by atoms with E-state index in [0.29, 0.717) is 16.4 Å². The first-order valence-corrected chi connectivity index (χ1v) is 16.2. The molecule has 7 nitrogen and oxygen atoms in total. The maximum atomic E-state index is 14.5. The molecule has 3 amide bonds. The third kappa shape index (κ3) is 7.99. The zero-order valence-electron chi connectivity index (χ0n) is 24.7. The molecule has 0 aliphatic carbocycles. The molecule has 0 aliphatic heterocycles. The van der Waals surface area contributed by atoms with E-state index in [0.717, 1.165) is 20.7 Å². The number of carbonyl (C=O) groups excluding carboxylic acids is 3. The van der Waals surface area contributed by atoms with E-state index in [-0.39, 0.29) is 17.2 Å². The van der Waals surface area contributed by atoms with Crippen molar-refractivity contribution in [3.8, 4) is 0 Å². The molecule has 1 atom stereocenters. The lowest BCUT2D eigenvalue weighted by Gasteiger charge is -2.17. The van der Waals surface area contributed by atoms with Gasteiger partial charge in [0, 0.05) is 21.7 Å². The maximum absolute atomic E-state index is 14.5. The Kier molecular flexibility index (Phi) is 9.81. The van der Waals surface area contributed by atoms with Gasteiger partial charge in [0.2, 0.25) is 5.91 Å². The zero-order valence-corrected chi connectivity index (χ0v) is 26.4. The van der Waals surface area contributed by atoms with Crippen LogP contribution in [0.2, 0.25) is 0 Å². The first-order chi connectivity index (χ1) is 22.9. The smallest absolute Gasteiger partial charge is 0.272 e. The normalized spacial score (nSPS) is 11.9. The molecule has 0 bridgehead atoms. The van der Waals surface area contributed by atoms with Crippen molar-refractivity contribution in [2.75, 3.05) is 10.6 Å². The Labute approximate surface area is 278 Å². The van der Waals surface area contributed by atoms with Gasteiger partial charge in [-0.3, -0.25) is 14.4 Å². The van der Waals surface area contributed by atoms with Gasteiger partial charge in [-0.25, -0.2) is 9.37 Å². The lowest BCUT2D eigenvalue weighted by molar-refractivity contribution is -0.116. The van der Waals surface area contributed by atoms with Crippen LogP contribution in [0.15, 0.2) is 144 Å². The summed E-state index contributed by atoms with van der Waals surface area (Å²) in [6.07, 6.45) is 1.30. The van der Waals surface area contributed by atoms with Crippen molar-refractivity contribution in [1.82, 2.24) is 10.3 Å². The average molecular weight is 659 g/mol. The average Bonchev–Trinajstić information content (AvgIpc) is 3.51. The predicted octanol–water partition coefficient (Wildman–Crippen LogP) is 8.32. The van der Waals surface area contributed by atoms with E-state index in [4.69, 9.17) is 0 Å². The molecule has 5 aromatic carbocycles. The molecule has 0 aliphatic rings. The maximum Gasteiger partial charge on any atom is 0.272 e. The van der Waals surface area contributed by atoms with E-state index in [9.17, 15) is 18.8 Å². The number of thioether (sulfide) groups is 1. The van der Waals surface area contributed by atoms with Crippen LogP contribution in [-0.2, 0) is 9.59 Å². The van der Waals surface area contributed by atoms with Gasteiger partial charge in [0.05, 0.1) is 10.2 Å². The summed E-state index contributed by atoms with van der Waals surface area (Å²) in [6, 6.07) is 38.6. The Morgan fingerprint density at radius 2 is 1.40 bits per heavy atom. The Hall–Kier alpha value is -5.58. The Morgan fingerprint density at radius 1 is 0.745 bits per heavy atom. The van der Waals surface area contributed by atoms with Gasteiger partial charge < -0.3 is 16.0 Å². The molecule has 1 unspecified atom stereocenters. The number of hydrogen-bond donors (Lipinski definition) is 3. The van der Waals surface area contributed by atoms with Gasteiger partial charge >= 0.3 is 0 Å². The summed E-state index contributed by atoms with van der Waals surface area (Å²) in [5.41, 5.74) is 2.46. The van der Waals surface area contributed by atoms with Crippen molar-refractivity contribution < 1.29 is 18.8 Å². The topological polar surface area (TPSA) is 100 Å². The number of aromatic nitrogens is 1. The molecule has 6 rings (SSSR count). The van der Waals surface area contributed by atoms with Crippen LogP contribution in [0.5, 0.6) is 0 Å². The van der Waals surface area contributed by atoms with E-state index >= 15 is 0 Å². The Bertz CT molecular complexity index is 2030. The molecule has 0 saturated heterocycles. The first-order valence-electron chi connectivity index (χ1n) is 14.5. The molecule has 0 saturated carbocycles. The minimum absolute atomic E-state index is 0.127. The minimum atomic E-state index is -0.629. The van der Waals surface area contributed by atoms with Crippen LogP contribution < -0.4 is 16.0 Å². The zero-order chi connectivity index (χ0) is 32.6. The molecule has 3 N–H and O–H groups in total. The van der Waals surface area contributed by atoms with E-state index in [1.165, 1.54) is 41.3 Å². The second-order valence-corrected chi connectivity index (χ2v) is 12.5. The number of benzene rings is 5. The molecule has 10 heteroatoms. The number of halogens is 1. The van der Waals surface area contributed by atoms with E-state index in [2.05, 4.69) is 20.9 Å². The van der Waals surface area contributed by atoms with Crippen molar-refractivity contribution in [2.24, 2.45) is 0 Å². The van der Waals surface area contributed by atoms with Gasteiger partial charge in [-0.05, 0) is 66.2 Å². The third-order valence-electron chi connectivity index (χ3n) is 6.96. The second-order valence-electron chi connectivity index (χ2n) is 10.3. The summed E-state index contributed by atoms with van der Waals surface area (Å²) in [6.45, 7) is 0. The Morgan fingerprint density at radius 3 is 2.13 bits per heavy atom. The van der Waals surface area contributed by atoms with Gasteiger partial charge in [0.1, 0.15) is 16.8 Å². The lowest BCUT2D eigenvalue weighted by atomic mass is 10.1. The highest BCUT2D eigenvalue weighted by molar-refractivity contribution is 8.00. The quantitative estimate of drug-likeness (QED) is 0.102. The number of carbonyl (C=O) groups is 3. The van der Waals surface area contributed by atoms with E-state index in [1.54, 1.807) is 66.7 Å². The number of anilines is 2. The Balaban J connectivity index is 1.19. The highest BCUT2D eigenvalue weighted by Gasteiger charge is 2.23. The second kappa shape index (κ2) is 14.7. The SMILES string of the molecule is O=C(Nc1ccc(SC(C(=O)Nc2nc3ccccc3s2)c2ccccc2)cc1)/C(=C/c1ccccc1F)NC(=O)c1ccccc1. The fraction of sp³-hybridized carbons (Fsp3) is 0.0270. The third-order valence-corrected chi connectivity index (χ3v) is 9.18. The minimum Gasteiger partial charge on any atom is -0.321 e. The van der Waals surface area contributed by atoms with Crippen molar-refractivity contribution in [3.63, 3.8) is 0 Å². The number of rotatable bonds is 10. The predicted molar refractivity (Wildman–Crippen MR) is 187 cm³/mol. The first kappa shape index (κ1) is 31.4. The van der Waals surface area contributed by atoms with Crippen LogP contribution in [-0.4, -0.2) is 22.7 Å². The molecule has 1 heterocycles. The monoisotopic (exact) mass is 658 g/mol. The van der Waals surface area contributed by atoms with Crippen molar-refractivity contribution in [1.29, 1.82) is 0 Å². The number of para-hydroxylation sites is 1. The summed E-state index contributed by atoms with van der Waals surface area (Å²) < 4.78 is 15.5. The fourth-order valence-corrected chi connectivity index (χ4v) is 6.53. The molecule has 232 valence electrons. The largest absolute Gasteiger partial charge is 0.321 e. The standard InChI is InChI=1S/C37H27FN4O3S2/c38-29-16-8-7-15-26(29)23-31(40-34(43)25-13-5-2-6-14-25)35(44)39-27-19-21-28(22-20-27)46-33(24-11-3-1-4-12-24)36(45)42-37-41-30-17-9-10-18-32(30)47-37/h1-23,33H,(H,39,44)(H,40,43)(H,41,42,45)/b31-23-. The van der Waals surface area contributed by atoms with Gasteiger partial charge in [0.15, 0.2) is 5.13 Å². The molecular formula is C37H27FN4O3S2. The van der Waals surface area contributed by atoms with Crippen LogP contribution in [0, 0.1) is 5.82 Å². The highest BCUT2D eigenvalue weighted by atomic mass is 32.2. The number of hydrogen-bond acceptors (Lipinski definition) is 6. The summed E-state index contributed by atoms with van der Waals surface area (Å²) in [5.74, 6) is -1.88. The van der Waals surface area contributed by atoms with Crippen LogP contribution in [0.3, 0.4) is 0 Å². The van der Waals surface area contributed by atoms with Crippen LogP contribution >= 0.6 is 23.1 Å². The molecule has 0 fully saturated rings. The van der Waals surface area contributed by atoms with Gasteiger partial charge in [-0.1, -0.05) is 90.2 Å². The summed E-state index contributed by atoms with van der Waals surface area (Å²) in [4.78, 5) is 45.2. The van der Waals surface area contributed by atoms with Crippen molar-refractivity contribution in [3.05, 3.63) is 162 Å². The van der Waals surface area contributed by atoms with E-state index in [1.807, 2.05) is 54.6 Å². The highest BCUT2D eigenvalue weighted by Crippen LogP contribution is 2.37. The number of nitrogens with zero attached hydrogens (tertiary/aromatic N) is 1. The summed E-state index contributed by atoms with van der Waals surface area (Å²) in [7, 11) is 0. The van der Waals surface area contributed by atoms with Crippen molar-refractivity contribution in [2.45, 2.75) is 10.1 Å². The number of amides is 3. The van der Waals surface area contributed by atoms with E-state index < -0.39 is 22.9 Å². The number of fused-ring (bicyclic) bond motifs is 1. The summed E-state index contributed by atoms with van der Waals surface area (Å²) >= 11 is 2.78. The van der Waals surface area contributed by atoms with Crippen LogP contribution in [0.1, 0.15) is 26.7 Å². The molecule has 1 aromatic heterocycles. The van der Waals surface area contributed by atoms with Crippen LogP contribution in [0.4, 0.5) is 15.2 Å². The molecule has 0 radical (unpaired) electrons. The molecule has 6 aromatic rings. The number of nitrogens with one attached hydrogen (secondary N) is 3. The number of thiazole rings is 1. The molecule has 47 heavy (non-hydrogen) atoms. The molecular weight excluding hydrogens is 632 g/mol. The lowest BCUT2D eigenvalue weighted by Crippen LogP contribution is -2.30. The van der Waals surface area contributed by atoms with Gasteiger partial charge in [-0.15, -0.1) is 11.8 Å².